The van der Waals surface area contributed by atoms with Crippen molar-refractivity contribution in [2.24, 2.45) is 0 Å². The Bertz CT molecular complexity index is 233. The predicted molar refractivity (Wildman–Crippen MR) is 53.3 cm³/mol. The summed E-state index contributed by atoms with van der Waals surface area (Å²) in [6.07, 6.45) is 0. The van der Waals surface area contributed by atoms with Crippen molar-refractivity contribution in [1.82, 2.24) is 0 Å². The van der Waals surface area contributed by atoms with Gasteiger partial charge < -0.3 is 0 Å². The minimum absolute atomic E-state index is 0.408. The molecule has 0 spiro atoms. The SMILES string of the molecule is CC(Br)c1cccc(CCl)c1. The Labute approximate surface area is 80.7 Å². The second-order valence-electron chi connectivity index (χ2n) is 2.49. The third kappa shape index (κ3) is 2.49. The molecule has 0 aliphatic carbocycles. The summed E-state index contributed by atoms with van der Waals surface area (Å²) in [6.45, 7) is 2.10. The summed E-state index contributed by atoms with van der Waals surface area (Å²) < 4.78 is 0. The lowest BCUT2D eigenvalue weighted by atomic mass is 10.1. The molecule has 0 saturated heterocycles. The normalized spacial score (nSPS) is 13.0. The molecule has 0 radical (unpaired) electrons. The minimum atomic E-state index is 0.408. The van der Waals surface area contributed by atoms with Crippen molar-refractivity contribution in [3.05, 3.63) is 35.4 Å². The molecule has 0 heterocycles. The Morgan fingerprint density at radius 2 is 2.27 bits per heavy atom. The zero-order chi connectivity index (χ0) is 8.27. The molecule has 1 unspecified atom stereocenters. The molecular weight excluding hydrogens is 223 g/mol. The van der Waals surface area contributed by atoms with Crippen LogP contribution in [0.3, 0.4) is 0 Å². The van der Waals surface area contributed by atoms with E-state index in [1.54, 1.807) is 0 Å². The van der Waals surface area contributed by atoms with Gasteiger partial charge in [-0.25, -0.2) is 0 Å². The largest absolute Gasteiger partial charge is 0.122 e. The smallest absolute Gasteiger partial charge is 0.0474 e. The maximum absolute atomic E-state index is 5.69. The molecule has 1 aromatic rings. The molecule has 1 rings (SSSR count). The first kappa shape index (κ1) is 9.08. The van der Waals surface area contributed by atoms with Gasteiger partial charge >= 0.3 is 0 Å². The van der Waals surface area contributed by atoms with Gasteiger partial charge in [0.1, 0.15) is 0 Å². The predicted octanol–water partition coefficient (Wildman–Crippen LogP) is 3.88. The molecular formula is C9H10BrCl. The lowest BCUT2D eigenvalue weighted by Gasteiger charge is -2.04. The fourth-order valence-corrected chi connectivity index (χ4v) is 1.37. The molecule has 11 heavy (non-hydrogen) atoms. The molecule has 0 N–H and O–H groups in total. The van der Waals surface area contributed by atoms with Crippen LogP contribution in [-0.2, 0) is 5.88 Å². The van der Waals surface area contributed by atoms with Crippen LogP contribution < -0.4 is 0 Å². The standard InChI is InChI=1S/C9H10BrCl/c1-7(10)9-4-2-3-8(5-9)6-11/h2-5,7H,6H2,1H3. The third-order valence-corrected chi connectivity index (χ3v) is 2.40. The molecule has 2 heteroatoms. The van der Waals surface area contributed by atoms with Crippen LogP contribution in [0, 0.1) is 0 Å². The van der Waals surface area contributed by atoms with Crippen LogP contribution in [0.5, 0.6) is 0 Å². The summed E-state index contributed by atoms with van der Waals surface area (Å²) in [4.78, 5) is 0.408. The van der Waals surface area contributed by atoms with E-state index in [0.717, 1.165) is 0 Å². The molecule has 1 aromatic carbocycles. The van der Waals surface area contributed by atoms with E-state index in [-0.39, 0.29) is 0 Å². The highest BCUT2D eigenvalue weighted by molar-refractivity contribution is 9.09. The van der Waals surface area contributed by atoms with Gasteiger partial charge in [-0.3, -0.25) is 0 Å². The van der Waals surface area contributed by atoms with Crippen LogP contribution in [0.25, 0.3) is 0 Å². The van der Waals surface area contributed by atoms with Crippen LogP contribution in [0.15, 0.2) is 24.3 Å². The topological polar surface area (TPSA) is 0 Å². The summed E-state index contributed by atoms with van der Waals surface area (Å²) in [6, 6.07) is 8.28. The van der Waals surface area contributed by atoms with Crippen molar-refractivity contribution >= 4 is 27.5 Å². The van der Waals surface area contributed by atoms with Gasteiger partial charge in [0, 0.05) is 10.7 Å². The molecule has 0 aliphatic rings. The second-order valence-corrected chi connectivity index (χ2v) is 4.14. The average Bonchev–Trinajstić information content (AvgIpc) is 2.05. The summed E-state index contributed by atoms with van der Waals surface area (Å²) in [5.41, 5.74) is 2.46. The maximum Gasteiger partial charge on any atom is 0.0474 e. The van der Waals surface area contributed by atoms with Crippen LogP contribution in [0.4, 0.5) is 0 Å². The molecule has 1 atom stereocenters. The Hall–Kier alpha value is -0.0100. The number of benzene rings is 1. The highest BCUT2D eigenvalue weighted by Crippen LogP contribution is 2.22. The van der Waals surface area contributed by atoms with E-state index < -0.39 is 0 Å². The molecule has 0 saturated carbocycles. The van der Waals surface area contributed by atoms with E-state index >= 15 is 0 Å². The van der Waals surface area contributed by atoms with Crippen LogP contribution in [-0.4, -0.2) is 0 Å². The van der Waals surface area contributed by atoms with Crippen molar-refractivity contribution in [2.75, 3.05) is 0 Å². The van der Waals surface area contributed by atoms with Gasteiger partial charge in [-0.2, -0.15) is 0 Å². The first-order chi connectivity index (χ1) is 5.24. The Kier molecular flexibility index (Phi) is 3.41. The van der Waals surface area contributed by atoms with E-state index in [1.165, 1.54) is 11.1 Å². The molecule has 0 fully saturated rings. The zero-order valence-corrected chi connectivity index (χ0v) is 8.69. The third-order valence-electron chi connectivity index (χ3n) is 1.56. The highest BCUT2D eigenvalue weighted by Gasteiger charge is 1.99. The van der Waals surface area contributed by atoms with E-state index in [1.807, 2.05) is 12.1 Å². The van der Waals surface area contributed by atoms with Gasteiger partial charge in [0.2, 0.25) is 0 Å². The molecule has 0 bridgehead atoms. The van der Waals surface area contributed by atoms with Gasteiger partial charge in [-0.1, -0.05) is 40.2 Å². The highest BCUT2D eigenvalue weighted by atomic mass is 79.9. The van der Waals surface area contributed by atoms with Crippen LogP contribution in [0.1, 0.15) is 22.9 Å². The maximum atomic E-state index is 5.69. The van der Waals surface area contributed by atoms with Gasteiger partial charge in [0.05, 0.1) is 0 Å². The number of rotatable bonds is 2. The monoisotopic (exact) mass is 232 g/mol. The molecule has 0 aliphatic heterocycles. The summed E-state index contributed by atoms with van der Waals surface area (Å²) in [7, 11) is 0. The summed E-state index contributed by atoms with van der Waals surface area (Å²) in [5, 5.41) is 0. The molecule has 60 valence electrons. The molecule has 0 aromatic heterocycles. The van der Waals surface area contributed by atoms with Gasteiger partial charge in [-0.15, -0.1) is 11.6 Å². The Morgan fingerprint density at radius 3 is 2.82 bits per heavy atom. The number of halogens is 2. The van der Waals surface area contributed by atoms with Crippen molar-refractivity contribution in [3.63, 3.8) is 0 Å². The lowest BCUT2D eigenvalue weighted by Crippen LogP contribution is -1.85. The van der Waals surface area contributed by atoms with E-state index in [0.29, 0.717) is 10.7 Å². The van der Waals surface area contributed by atoms with Gasteiger partial charge in [0.15, 0.2) is 0 Å². The number of alkyl halides is 2. The first-order valence-electron chi connectivity index (χ1n) is 3.53. The van der Waals surface area contributed by atoms with E-state index in [2.05, 4.69) is 35.0 Å². The minimum Gasteiger partial charge on any atom is -0.122 e. The second kappa shape index (κ2) is 4.13. The van der Waals surface area contributed by atoms with Crippen LogP contribution >= 0.6 is 27.5 Å². The van der Waals surface area contributed by atoms with Crippen molar-refractivity contribution in [2.45, 2.75) is 17.6 Å². The quantitative estimate of drug-likeness (QED) is 0.680. The van der Waals surface area contributed by atoms with Crippen LogP contribution in [0.2, 0.25) is 0 Å². The molecule has 0 nitrogen and oxygen atoms in total. The van der Waals surface area contributed by atoms with E-state index in [9.17, 15) is 0 Å². The Balaban J connectivity index is 2.91. The summed E-state index contributed by atoms with van der Waals surface area (Å²) in [5.74, 6) is 0.591. The van der Waals surface area contributed by atoms with Crippen molar-refractivity contribution in [1.29, 1.82) is 0 Å². The number of hydrogen-bond donors (Lipinski definition) is 0. The lowest BCUT2D eigenvalue weighted by molar-refractivity contribution is 1.11. The van der Waals surface area contributed by atoms with Gasteiger partial charge in [0.25, 0.3) is 0 Å². The first-order valence-corrected chi connectivity index (χ1v) is 4.98. The zero-order valence-electron chi connectivity index (χ0n) is 6.35. The fourth-order valence-electron chi connectivity index (χ4n) is 0.924. The molecule has 0 amide bonds. The van der Waals surface area contributed by atoms with Gasteiger partial charge in [-0.05, 0) is 18.1 Å². The average molecular weight is 234 g/mol. The van der Waals surface area contributed by atoms with Crippen molar-refractivity contribution < 1.29 is 0 Å². The number of hydrogen-bond acceptors (Lipinski definition) is 0. The summed E-state index contributed by atoms with van der Waals surface area (Å²) >= 11 is 9.19. The Morgan fingerprint density at radius 1 is 1.55 bits per heavy atom. The van der Waals surface area contributed by atoms with Crippen molar-refractivity contribution in [3.8, 4) is 0 Å². The van der Waals surface area contributed by atoms with E-state index in [4.69, 9.17) is 11.6 Å². The fraction of sp³-hybridized carbons (Fsp3) is 0.333.